The first-order valence-electron chi connectivity index (χ1n) is 9.97. The van der Waals surface area contributed by atoms with E-state index < -0.39 is 5.82 Å². The van der Waals surface area contributed by atoms with Gasteiger partial charge in [-0.2, -0.15) is 0 Å². The zero-order chi connectivity index (χ0) is 22.0. The van der Waals surface area contributed by atoms with Gasteiger partial charge in [-0.05, 0) is 55.2 Å². The number of carbonyl (C=O) groups excluding carboxylic acids is 2. The van der Waals surface area contributed by atoms with Crippen molar-refractivity contribution in [2.75, 3.05) is 19.7 Å². The maximum Gasteiger partial charge on any atom is 0.289 e. The third-order valence-corrected chi connectivity index (χ3v) is 5.93. The van der Waals surface area contributed by atoms with E-state index in [2.05, 4.69) is 0 Å². The predicted octanol–water partition coefficient (Wildman–Crippen LogP) is 5.77. The van der Waals surface area contributed by atoms with Gasteiger partial charge in [-0.1, -0.05) is 23.2 Å². The van der Waals surface area contributed by atoms with Crippen molar-refractivity contribution in [3.63, 3.8) is 0 Å². The number of ketones is 1. The summed E-state index contributed by atoms with van der Waals surface area (Å²) in [5.41, 5.74) is 0.620. The van der Waals surface area contributed by atoms with Gasteiger partial charge in [0, 0.05) is 36.0 Å². The average Bonchev–Trinajstić information content (AvgIpc) is 3.39. The molecule has 1 fully saturated rings. The number of hydrogen-bond acceptors (Lipinski definition) is 4. The van der Waals surface area contributed by atoms with Gasteiger partial charge in [-0.15, -0.1) is 0 Å². The van der Waals surface area contributed by atoms with E-state index >= 15 is 0 Å². The minimum absolute atomic E-state index is 0.00505. The fourth-order valence-electron chi connectivity index (χ4n) is 3.70. The van der Waals surface area contributed by atoms with Crippen LogP contribution in [0.15, 0.2) is 46.9 Å². The monoisotopic (exact) mass is 463 g/mol. The fourth-order valence-corrected chi connectivity index (χ4v) is 3.99. The molecular weight excluding hydrogens is 444 g/mol. The van der Waals surface area contributed by atoms with Crippen molar-refractivity contribution >= 4 is 45.9 Å². The van der Waals surface area contributed by atoms with Gasteiger partial charge in [-0.3, -0.25) is 9.59 Å². The van der Waals surface area contributed by atoms with Crippen molar-refractivity contribution in [1.82, 2.24) is 4.90 Å². The minimum Gasteiger partial charge on any atom is -0.486 e. The highest BCUT2D eigenvalue weighted by atomic mass is 35.5. The first-order chi connectivity index (χ1) is 14.9. The second-order valence-electron chi connectivity index (χ2n) is 7.64. The van der Waals surface area contributed by atoms with Crippen molar-refractivity contribution in [2.45, 2.75) is 19.3 Å². The third-order valence-electron chi connectivity index (χ3n) is 5.38. The molecule has 1 aliphatic rings. The molecule has 0 N–H and O–H groups in total. The lowest BCUT2D eigenvalue weighted by molar-refractivity contribution is -0.121. The number of fused-ring (bicyclic) bond motifs is 1. The van der Waals surface area contributed by atoms with Crippen LogP contribution in [0.2, 0.25) is 10.0 Å². The summed E-state index contributed by atoms with van der Waals surface area (Å²) < 4.78 is 24.4. The largest absolute Gasteiger partial charge is 0.486 e. The number of nitrogens with zero attached hydrogens (tertiary/aromatic N) is 1. The topological polar surface area (TPSA) is 59.8 Å². The molecule has 2 aromatic carbocycles. The number of furan rings is 1. The lowest BCUT2D eigenvalue weighted by atomic mass is 10.0. The molecule has 1 amide bonds. The molecule has 31 heavy (non-hydrogen) atoms. The van der Waals surface area contributed by atoms with Gasteiger partial charge < -0.3 is 14.1 Å². The Hall–Kier alpha value is -2.57. The Morgan fingerprint density at radius 1 is 1.16 bits per heavy atom. The van der Waals surface area contributed by atoms with E-state index in [0.717, 1.165) is 17.9 Å². The molecular formula is C23H20Cl2FNO4. The zero-order valence-corrected chi connectivity index (χ0v) is 18.1. The van der Waals surface area contributed by atoms with E-state index in [4.69, 9.17) is 32.4 Å². The summed E-state index contributed by atoms with van der Waals surface area (Å²) in [6.07, 6.45) is 1.83. The van der Waals surface area contributed by atoms with Gasteiger partial charge in [0.1, 0.15) is 23.8 Å². The molecule has 0 aliphatic carbocycles. The van der Waals surface area contributed by atoms with Gasteiger partial charge in [0.25, 0.3) is 5.91 Å². The van der Waals surface area contributed by atoms with Crippen LogP contribution >= 0.6 is 23.2 Å². The highest BCUT2D eigenvalue weighted by Crippen LogP contribution is 2.27. The lowest BCUT2D eigenvalue weighted by Gasteiger charge is -2.15. The van der Waals surface area contributed by atoms with Crippen molar-refractivity contribution in [2.24, 2.45) is 5.92 Å². The Morgan fingerprint density at radius 2 is 2.00 bits per heavy atom. The second-order valence-corrected chi connectivity index (χ2v) is 8.48. The summed E-state index contributed by atoms with van der Waals surface area (Å²) in [5, 5.41) is 1.38. The number of rotatable bonds is 7. The molecule has 0 bridgehead atoms. The molecule has 4 rings (SSSR count). The standard InChI is InChI=1S/C23H20Cl2FNO4/c24-16-2-6-21-15(9-16)10-22(31-21)23(29)27-8-7-14(12-27)1-3-17(28)13-30-18-4-5-19(25)20(26)11-18/h2,4-6,9-11,14H,1,3,7-8,12-13H2. The first-order valence-corrected chi connectivity index (χ1v) is 10.7. The van der Waals surface area contributed by atoms with Gasteiger partial charge in [0.2, 0.25) is 0 Å². The molecule has 0 radical (unpaired) electrons. The van der Waals surface area contributed by atoms with Crippen molar-refractivity contribution in [1.29, 1.82) is 0 Å². The summed E-state index contributed by atoms with van der Waals surface area (Å²) in [4.78, 5) is 26.7. The number of hydrogen-bond donors (Lipinski definition) is 0. The lowest BCUT2D eigenvalue weighted by Crippen LogP contribution is -2.28. The molecule has 1 aliphatic heterocycles. The Balaban J connectivity index is 1.25. The van der Waals surface area contributed by atoms with Crippen LogP contribution in [0.3, 0.4) is 0 Å². The predicted molar refractivity (Wildman–Crippen MR) is 116 cm³/mol. The van der Waals surface area contributed by atoms with Gasteiger partial charge in [0.15, 0.2) is 11.5 Å². The Kier molecular flexibility index (Phi) is 6.49. The van der Waals surface area contributed by atoms with Crippen LogP contribution in [0.4, 0.5) is 4.39 Å². The summed E-state index contributed by atoms with van der Waals surface area (Å²) >= 11 is 11.6. The van der Waals surface area contributed by atoms with Crippen molar-refractivity contribution in [3.05, 3.63) is 64.1 Å². The van der Waals surface area contributed by atoms with E-state index in [9.17, 15) is 14.0 Å². The van der Waals surface area contributed by atoms with Gasteiger partial charge >= 0.3 is 0 Å². The SMILES string of the molecule is O=C(CCC1CCN(C(=O)c2cc3cc(Cl)ccc3o2)C1)COc1ccc(Cl)c(F)c1. The van der Waals surface area contributed by atoms with E-state index in [0.29, 0.717) is 36.5 Å². The van der Waals surface area contributed by atoms with Crippen LogP contribution in [-0.2, 0) is 4.79 Å². The molecule has 0 spiro atoms. The zero-order valence-electron chi connectivity index (χ0n) is 16.6. The summed E-state index contributed by atoms with van der Waals surface area (Å²) in [7, 11) is 0. The molecule has 8 heteroatoms. The van der Waals surface area contributed by atoms with Crippen LogP contribution in [0.1, 0.15) is 29.8 Å². The van der Waals surface area contributed by atoms with Crippen LogP contribution in [-0.4, -0.2) is 36.3 Å². The van der Waals surface area contributed by atoms with E-state index in [1.807, 2.05) is 0 Å². The maximum atomic E-state index is 13.4. The van der Waals surface area contributed by atoms with Crippen LogP contribution in [0.5, 0.6) is 5.75 Å². The molecule has 3 aromatic rings. The minimum atomic E-state index is -0.588. The third kappa shape index (κ3) is 5.20. The summed E-state index contributed by atoms with van der Waals surface area (Å²) in [5.74, 6) is -0.0317. The highest BCUT2D eigenvalue weighted by molar-refractivity contribution is 6.31. The Bertz CT molecular complexity index is 1130. The van der Waals surface area contributed by atoms with Gasteiger partial charge in [0.05, 0.1) is 5.02 Å². The number of halogens is 3. The van der Waals surface area contributed by atoms with Gasteiger partial charge in [-0.25, -0.2) is 4.39 Å². The molecule has 2 heterocycles. The quantitative estimate of drug-likeness (QED) is 0.446. The Labute approximate surface area is 188 Å². The molecule has 162 valence electrons. The van der Waals surface area contributed by atoms with E-state index in [1.165, 1.54) is 12.1 Å². The van der Waals surface area contributed by atoms with Crippen molar-refractivity contribution < 1.29 is 23.1 Å². The Morgan fingerprint density at radius 3 is 2.81 bits per heavy atom. The summed E-state index contributed by atoms with van der Waals surface area (Å²) in [6, 6.07) is 11.0. The number of benzene rings is 2. The number of carbonyl (C=O) groups is 2. The molecule has 1 saturated heterocycles. The maximum absolute atomic E-state index is 13.4. The number of ether oxygens (including phenoxy) is 1. The number of amides is 1. The van der Waals surface area contributed by atoms with E-state index in [1.54, 1.807) is 29.2 Å². The highest BCUT2D eigenvalue weighted by Gasteiger charge is 2.29. The molecule has 0 saturated carbocycles. The normalized spacial score (nSPS) is 16.1. The van der Waals surface area contributed by atoms with Crippen LogP contribution < -0.4 is 4.74 Å². The van der Waals surface area contributed by atoms with Crippen molar-refractivity contribution in [3.8, 4) is 5.75 Å². The smallest absolute Gasteiger partial charge is 0.289 e. The average molecular weight is 464 g/mol. The fraction of sp³-hybridized carbons (Fsp3) is 0.304. The first kappa shape index (κ1) is 21.7. The van der Waals surface area contributed by atoms with Crippen LogP contribution in [0.25, 0.3) is 11.0 Å². The molecule has 1 atom stereocenters. The number of likely N-dealkylation sites (tertiary alicyclic amines) is 1. The van der Waals surface area contributed by atoms with Crippen LogP contribution in [0, 0.1) is 11.7 Å². The number of Topliss-reactive ketones (excluding diaryl/α,β-unsaturated/α-hetero) is 1. The molecule has 5 nitrogen and oxygen atoms in total. The molecule has 1 unspecified atom stereocenters. The molecule has 1 aromatic heterocycles. The summed E-state index contributed by atoms with van der Waals surface area (Å²) in [6.45, 7) is 1.07. The van der Waals surface area contributed by atoms with E-state index in [-0.39, 0.29) is 40.7 Å². The second kappa shape index (κ2) is 9.28.